The summed E-state index contributed by atoms with van der Waals surface area (Å²) in [4.78, 5) is 13.3. The number of hydrogen-bond acceptors (Lipinski definition) is 9. The maximum atomic E-state index is 10.00. The monoisotopic (exact) mass is 323 g/mol. The Morgan fingerprint density at radius 1 is 1.17 bits per heavy atom. The highest BCUT2D eigenvalue weighted by Crippen LogP contribution is 2.35. The quantitative estimate of drug-likeness (QED) is 0.498. The minimum atomic E-state index is -0.735. The molecular weight excluding hydrogens is 302 g/mol. The Labute approximate surface area is 132 Å². The molecule has 0 saturated carbocycles. The van der Waals surface area contributed by atoms with Gasteiger partial charge >= 0.3 is 0 Å². The number of aliphatic hydroxyl groups is 2. The third-order valence-corrected chi connectivity index (χ3v) is 3.90. The minimum absolute atomic E-state index is 0.238. The predicted octanol–water partition coefficient (Wildman–Crippen LogP) is -0.408. The number of aliphatic hydroxyl groups excluding tert-OH is 2. The molecule has 2 aromatic rings. The van der Waals surface area contributed by atoms with Crippen LogP contribution in [-0.4, -0.2) is 69.7 Å². The molecule has 0 aromatic carbocycles. The molecule has 1 aliphatic rings. The van der Waals surface area contributed by atoms with Gasteiger partial charge in [0.05, 0.1) is 12.7 Å². The van der Waals surface area contributed by atoms with Crippen LogP contribution < -0.4 is 16.0 Å². The normalized spacial score (nSPS) is 24.1. The Hall–Kier alpha value is -2.17. The Kier molecular flexibility index (Phi) is 4.20. The van der Waals surface area contributed by atoms with E-state index >= 15 is 0 Å². The summed E-state index contributed by atoms with van der Waals surface area (Å²) in [7, 11) is 5.24. The molecule has 0 unspecified atom stereocenters. The van der Waals surface area contributed by atoms with Crippen LogP contribution in [0.15, 0.2) is 0 Å². The van der Waals surface area contributed by atoms with E-state index in [1.165, 1.54) is 0 Å². The number of fused-ring (bicyclic) bond motifs is 1. The molecule has 10 heteroatoms. The van der Waals surface area contributed by atoms with Crippen LogP contribution in [0.3, 0.4) is 0 Å². The number of imidazole rings is 1. The van der Waals surface area contributed by atoms with E-state index < -0.39 is 18.4 Å². The van der Waals surface area contributed by atoms with Crippen LogP contribution in [0, 0.1) is 0 Å². The van der Waals surface area contributed by atoms with Crippen molar-refractivity contribution in [1.29, 1.82) is 0 Å². The van der Waals surface area contributed by atoms with Gasteiger partial charge in [-0.05, 0) is 0 Å². The van der Waals surface area contributed by atoms with Gasteiger partial charge in [-0.3, -0.25) is 4.57 Å². The molecule has 3 rings (SSSR count). The molecule has 1 aliphatic heterocycles. The van der Waals surface area contributed by atoms with Crippen molar-refractivity contribution in [2.45, 2.75) is 24.9 Å². The van der Waals surface area contributed by atoms with Crippen LogP contribution in [0.1, 0.15) is 12.6 Å². The van der Waals surface area contributed by atoms with E-state index in [0.29, 0.717) is 35.3 Å². The lowest BCUT2D eigenvalue weighted by Crippen LogP contribution is -2.24. The fourth-order valence-corrected chi connectivity index (χ4v) is 2.75. The van der Waals surface area contributed by atoms with Gasteiger partial charge in [0, 0.05) is 27.6 Å². The molecule has 2 aromatic heterocycles. The summed E-state index contributed by atoms with van der Waals surface area (Å²) in [6.45, 7) is -0.238. The summed E-state index contributed by atoms with van der Waals surface area (Å²) < 4.78 is 7.52. The summed E-state index contributed by atoms with van der Waals surface area (Å²) in [5.74, 6) is 1.59. The zero-order valence-corrected chi connectivity index (χ0v) is 13.2. The Morgan fingerprint density at radius 3 is 2.52 bits per heavy atom. The average Bonchev–Trinajstić information content (AvgIpc) is 3.12. The number of nitrogens with zero attached hydrogens (tertiary/aromatic N) is 4. The van der Waals surface area contributed by atoms with Gasteiger partial charge < -0.3 is 30.9 Å². The van der Waals surface area contributed by atoms with Gasteiger partial charge in [0.1, 0.15) is 12.3 Å². The third kappa shape index (κ3) is 2.54. The van der Waals surface area contributed by atoms with Gasteiger partial charge in [0.2, 0.25) is 11.9 Å². The molecule has 3 atom stereocenters. The lowest BCUT2D eigenvalue weighted by Gasteiger charge is -2.16. The van der Waals surface area contributed by atoms with E-state index in [0.717, 1.165) is 0 Å². The molecule has 0 bridgehead atoms. The third-order valence-electron chi connectivity index (χ3n) is 3.90. The summed E-state index contributed by atoms with van der Waals surface area (Å²) in [5.41, 5.74) is 1.18. The van der Waals surface area contributed by atoms with Crippen molar-refractivity contribution in [3.05, 3.63) is 0 Å². The van der Waals surface area contributed by atoms with Crippen LogP contribution in [0.25, 0.3) is 11.2 Å². The molecule has 5 N–H and O–H groups in total. The first-order valence-electron chi connectivity index (χ1n) is 7.40. The van der Waals surface area contributed by atoms with Crippen molar-refractivity contribution in [2.75, 3.05) is 43.7 Å². The van der Waals surface area contributed by atoms with E-state index in [2.05, 4.69) is 30.9 Å². The van der Waals surface area contributed by atoms with Gasteiger partial charge in [-0.25, -0.2) is 4.98 Å². The van der Waals surface area contributed by atoms with Crippen molar-refractivity contribution in [2.24, 2.45) is 0 Å². The van der Waals surface area contributed by atoms with E-state index in [1.54, 1.807) is 25.7 Å². The van der Waals surface area contributed by atoms with Gasteiger partial charge in [0.25, 0.3) is 0 Å². The molecule has 0 amide bonds. The lowest BCUT2D eigenvalue weighted by atomic mass is 10.2. The molecule has 0 aliphatic carbocycles. The average molecular weight is 323 g/mol. The van der Waals surface area contributed by atoms with Gasteiger partial charge in [-0.1, -0.05) is 0 Å². The second-order valence-corrected chi connectivity index (χ2v) is 5.24. The number of rotatable bonds is 5. The second-order valence-electron chi connectivity index (χ2n) is 5.24. The summed E-state index contributed by atoms with van der Waals surface area (Å²) in [6, 6.07) is 0. The van der Waals surface area contributed by atoms with E-state index in [1.807, 2.05) is 0 Å². The second kappa shape index (κ2) is 6.14. The van der Waals surface area contributed by atoms with E-state index in [-0.39, 0.29) is 6.61 Å². The molecule has 0 spiro atoms. The summed E-state index contributed by atoms with van der Waals surface area (Å²) >= 11 is 0. The molecule has 10 nitrogen and oxygen atoms in total. The molecule has 3 heterocycles. The predicted molar refractivity (Wildman–Crippen MR) is 85.6 cm³/mol. The van der Waals surface area contributed by atoms with E-state index in [9.17, 15) is 10.2 Å². The van der Waals surface area contributed by atoms with Gasteiger partial charge in [-0.2, -0.15) is 9.97 Å². The van der Waals surface area contributed by atoms with Crippen LogP contribution in [0.4, 0.5) is 17.7 Å². The standard InChI is InChI=1S/C13H21N7O3/c1-14-10-9-11(19-12(15-2)18-10)20(13(16-3)17-9)8-4-6(22)7(5-21)23-8/h6-8,21-22H,4-5H2,1-3H3,(H,16,17)(H2,14,15,18,19)/t6-,7+,8+/m1/s1. The number of hydrogen-bond donors (Lipinski definition) is 5. The first kappa shape index (κ1) is 15.7. The van der Waals surface area contributed by atoms with Gasteiger partial charge in [-0.15, -0.1) is 0 Å². The first-order chi connectivity index (χ1) is 11.1. The smallest absolute Gasteiger partial charge is 0.226 e. The van der Waals surface area contributed by atoms with Gasteiger partial charge in [0.15, 0.2) is 17.0 Å². The highest BCUT2D eigenvalue weighted by molar-refractivity contribution is 5.86. The van der Waals surface area contributed by atoms with Crippen LogP contribution in [0.2, 0.25) is 0 Å². The summed E-state index contributed by atoms with van der Waals surface area (Å²) in [5, 5.41) is 28.2. The topological polar surface area (TPSA) is 129 Å². The molecule has 23 heavy (non-hydrogen) atoms. The van der Waals surface area contributed by atoms with Crippen molar-refractivity contribution in [3.63, 3.8) is 0 Å². The molecular formula is C13H21N7O3. The zero-order chi connectivity index (χ0) is 16.6. The van der Waals surface area contributed by atoms with Crippen LogP contribution in [0.5, 0.6) is 0 Å². The maximum absolute atomic E-state index is 10.00. The Morgan fingerprint density at radius 2 is 1.96 bits per heavy atom. The highest BCUT2D eigenvalue weighted by Gasteiger charge is 2.37. The Bertz CT molecular complexity index is 704. The number of aromatic nitrogens is 4. The molecule has 1 fully saturated rings. The van der Waals surface area contributed by atoms with Crippen molar-refractivity contribution < 1.29 is 14.9 Å². The molecule has 1 saturated heterocycles. The SMILES string of the molecule is CNc1nc(NC)c2nc(NC)n([C@@H]3C[C@@H](O)[C@H](CO)O3)c2n1. The van der Waals surface area contributed by atoms with E-state index in [4.69, 9.17) is 4.74 Å². The number of anilines is 3. The summed E-state index contributed by atoms with van der Waals surface area (Å²) in [6.07, 6.45) is -1.48. The van der Waals surface area contributed by atoms with Crippen molar-refractivity contribution >= 4 is 28.9 Å². The number of nitrogens with one attached hydrogen (secondary N) is 3. The maximum Gasteiger partial charge on any atom is 0.226 e. The molecule has 0 radical (unpaired) electrons. The first-order valence-corrected chi connectivity index (χ1v) is 7.40. The lowest BCUT2D eigenvalue weighted by molar-refractivity contribution is -0.0425. The Balaban J connectivity index is 2.15. The largest absolute Gasteiger partial charge is 0.394 e. The van der Waals surface area contributed by atoms with Crippen molar-refractivity contribution in [1.82, 2.24) is 19.5 Å². The van der Waals surface area contributed by atoms with Crippen LogP contribution >= 0.6 is 0 Å². The number of ether oxygens (including phenoxy) is 1. The fraction of sp³-hybridized carbons (Fsp3) is 0.615. The fourth-order valence-electron chi connectivity index (χ4n) is 2.75. The minimum Gasteiger partial charge on any atom is -0.394 e. The zero-order valence-electron chi connectivity index (χ0n) is 13.2. The van der Waals surface area contributed by atoms with Crippen LogP contribution in [-0.2, 0) is 4.74 Å². The highest BCUT2D eigenvalue weighted by atomic mass is 16.5. The molecule has 126 valence electrons. The van der Waals surface area contributed by atoms with Crippen molar-refractivity contribution in [3.8, 4) is 0 Å².